The molecule has 0 N–H and O–H groups in total. The van der Waals surface area contributed by atoms with E-state index in [9.17, 15) is 0 Å². The summed E-state index contributed by atoms with van der Waals surface area (Å²) in [5.74, 6) is 0.675. The molecule has 0 aliphatic carbocycles. The third-order valence-electron chi connectivity index (χ3n) is 6.48. The molecule has 0 aliphatic heterocycles. The van der Waals surface area contributed by atoms with Gasteiger partial charge in [-0.2, -0.15) is 0 Å². The van der Waals surface area contributed by atoms with Crippen molar-refractivity contribution in [3.63, 3.8) is 0 Å². The minimum absolute atomic E-state index is 0.675. The second-order valence-corrected chi connectivity index (χ2v) is 19.6. The summed E-state index contributed by atoms with van der Waals surface area (Å²) in [7, 11) is -3.47. The molecular weight excluding hydrogens is 392 g/mol. The highest BCUT2D eigenvalue weighted by atomic mass is 28.3. The van der Waals surface area contributed by atoms with Crippen LogP contribution < -0.4 is 15.6 Å². The van der Waals surface area contributed by atoms with Crippen molar-refractivity contribution in [3.8, 4) is 0 Å². The van der Waals surface area contributed by atoms with Crippen LogP contribution in [-0.2, 0) is 0 Å². The number of hydrogen-bond acceptors (Lipinski definition) is 0. The van der Waals surface area contributed by atoms with Crippen molar-refractivity contribution >= 4 is 53.3 Å². The molecule has 0 aromatic heterocycles. The molecule has 0 bridgehead atoms. The Hall–Kier alpha value is -2.17. The molecular formula is C28H34Si2. The zero-order valence-electron chi connectivity index (χ0n) is 19.3. The zero-order valence-corrected chi connectivity index (χ0v) is 21.3. The molecule has 0 spiro atoms. The molecule has 1 unspecified atom stereocenters. The SMILES string of the molecule is CC(C)C[Si](C)(c1ccc2ccccc2c1)c1ccc2ccccc2c1[Si](C)(C)C. The van der Waals surface area contributed by atoms with Crippen molar-refractivity contribution in [3.05, 3.63) is 78.9 Å². The van der Waals surface area contributed by atoms with E-state index in [1.807, 2.05) is 0 Å². The molecule has 30 heavy (non-hydrogen) atoms. The summed E-state index contributed by atoms with van der Waals surface area (Å²) >= 11 is 0. The maximum atomic E-state index is 2.62. The minimum Gasteiger partial charge on any atom is -0.0656 e. The fourth-order valence-electron chi connectivity index (χ4n) is 5.27. The van der Waals surface area contributed by atoms with Gasteiger partial charge in [0.05, 0.1) is 8.07 Å². The predicted octanol–water partition coefficient (Wildman–Crippen LogP) is 6.39. The molecule has 4 aromatic rings. The van der Waals surface area contributed by atoms with Crippen molar-refractivity contribution < 1.29 is 0 Å². The summed E-state index contributed by atoms with van der Waals surface area (Å²) in [6.07, 6.45) is 0. The largest absolute Gasteiger partial charge is 0.115 e. The van der Waals surface area contributed by atoms with Crippen molar-refractivity contribution in [1.82, 2.24) is 0 Å². The number of benzene rings is 4. The fourth-order valence-corrected chi connectivity index (χ4v) is 13.6. The molecule has 0 aliphatic rings. The highest BCUT2D eigenvalue weighted by Gasteiger charge is 2.38. The van der Waals surface area contributed by atoms with E-state index in [1.54, 1.807) is 15.6 Å². The average molecular weight is 427 g/mol. The van der Waals surface area contributed by atoms with Crippen LogP contribution in [-0.4, -0.2) is 16.1 Å². The van der Waals surface area contributed by atoms with Crippen LogP contribution in [0.5, 0.6) is 0 Å². The normalized spacial score (nSPS) is 14.4. The van der Waals surface area contributed by atoms with E-state index < -0.39 is 16.1 Å². The summed E-state index contributed by atoms with van der Waals surface area (Å²) in [6.45, 7) is 14.9. The Bertz CT molecular complexity index is 1200. The third kappa shape index (κ3) is 3.79. The molecule has 0 fully saturated rings. The highest BCUT2D eigenvalue weighted by Crippen LogP contribution is 2.23. The summed E-state index contributed by atoms with van der Waals surface area (Å²) in [4.78, 5) is 0. The zero-order chi connectivity index (χ0) is 21.5. The lowest BCUT2D eigenvalue weighted by atomic mass is 10.1. The smallest absolute Gasteiger partial charge is 0.0656 e. The predicted molar refractivity (Wildman–Crippen MR) is 141 cm³/mol. The van der Waals surface area contributed by atoms with E-state index in [4.69, 9.17) is 0 Å². The Labute approximate surface area is 184 Å². The molecule has 4 aromatic carbocycles. The first kappa shape index (κ1) is 21.1. The van der Waals surface area contributed by atoms with Crippen molar-refractivity contribution in [1.29, 1.82) is 0 Å². The molecule has 0 amide bonds. The van der Waals surface area contributed by atoms with Gasteiger partial charge in [0, 0.05) is 0 Å². The maximum Gasteiger partial charge on any atom is 0.115 e. The highest BCUT2D eigenvalue weighted by molar-refractivity contribution is 7.06. The van der Waals surface area contributed by atoms with Gasteiger partial charge in [0.15, 0.2) is 0 Å². The Balaban J connectivity index is 2.04. The topological polar surface area (TPSA) is 0 Å². The van der Waals surface area contributed by atoms with Gasteiger partial charge in [0.2, 0.25) is 0 Å². The van der Waals surface area contributed by atoms with Crippen LogP contribution in [0.25, 0.3) is 21.5 Å². The van der Waals surface area contributed by atoms with Gasteiger partial charge in [-0.1, -0.05) is 134 Å². The van der Waals surface area contributed by atoms with Crippen molar-refractivity contribution in [2.75, 3.05) is 0 Å². The maximum absolute atomic E-state index is 2.62. The lowest BCUT2D eigenvalue weighted by Gasteiger charge is -2.36. The van der Waals surface area contributed by atoms with E-state index in [0.717, 1.165) is 0 Å². The standard InChI is InChI=1S/C28H34Si2/c1-21(2)20-30(6,25-17-15-22-11-7-8-13-24(22)19-25)27-18-16-23-12-9-10-14-26(23)28(27)29(3,4)5/h7-19,21H,20H2,1-6H3. The third-order valence-corrected chi connectivity index (χ3v) is 13.6. The van der Waals surface area contributed by atoms with Gasteiger partial charge in [-0.05, 0) is 33.5 Å². The molecule has 0 radical (unpaired) electrons. The summed E-state index contributed by atoms with van der Waals surface area (Å²) < 4.78 is 0. The molecule has 0 saturated carbocycles. The first-order chi connectivity index (χ1) is 14.2. The van der Waals surface area contributed by atoms with E-state index >= 15 is 0 Å². The Morgan fingerprint density at radius 3 is 1.93 bits per heavy atom. The number of hydrogen-bond donors (Lipinski definition) is 0. The van der Waals surface area contributed by atoms with Crippen LogP contribution in [0.4, 0.5) is 0 Å². The minimum atomic E-state index is -1.92. The summed E-state index contributed by atoms with van der Waals surface area (Å²) in [5.41, 5.74) is 0. The molecule has 1 atom stereocenters. The average Bonchev–Trinajstić information content (AvgIpc) is 2.71. The van der Waals surface area contributed by atoms with Crippen LogP contribution in [0.1, 0.15) is 13.8 Å². The first-order valence-corrected chi connectivity index (χ1v) is 17.4. The molecule has 0 saturated heterocycles. The van der Waals surface area contributed by atoms with E-state index in [1.165, 1.54) is 27.6 Å². The van der Waals surface area contributed by atoms with Gasteiger partial charge >= 0.3 is 0 Å². The van der Waals surface area contributed by atoms with Crippen LogP contribution in [0.15, 0.2) is 78.9 Å². The second kappa shape index (κ2) is 7.83. The summed E-state index contributed by atoms with van der Waals surface area (Å²) in [5, 5.41) is 10.5. The van der Waals surface area contributed by atoms with E-state index in [-0.39, 0.29) is 0 Å². The Kier molecular flexibility index (Phi) is 5.50. The summed E-state index contributed by atoms with van der Waals surface area (Å²) in [6, 6.07) is 31.2. The molecule has 0 heterocycles. The van der Waals surface area contributed by atoms with Crippen LogP contribution in [0, 0.1) is 5.92 Å². The first-order valence-electron chi connectivity index (χ1n) is 11.2. The monoisotopic (exact) mass is 426 g/mol. The Morgan fingerprint density at radius 1 is 0.667 bits per heavy atom. The van der Waals surface area contributed by atoms with Crippen LogP contribution >= 0.6 is 0 Å². The van der Waals surface area contributed by atoms with Crippen molar-refractivity contribution in [2.45, 2.75) is 46.1 Å². The van der Waals surface area contributed by atoms with Gasteiger partial charge in [0.25, 0.3) is 0 Å². The van der Waals surface area contributed by atoms with Crippen LogP contribution in [0.2, 0.25) is 32.2 Å². The number of fused-ring (bicyclic) bond motifs is 2. The van der Waals surface area contributed by atoms with Gasteiger partial charge in [-0.15, -0.1) is 0 Å². The van der Waals surface area contributed by atoms with Gasteiger partial charge in [0.1, 0.15) is 8.07 Å². The Morgan fingerprint density at radius 2 is 1.27 bits per heavy atom. The lowest BCUT2D eigenvalue weighted by Crippen LogP contribution is -2.65. The quantitative estimate of drug-likeness (QED) is 0.324. The molecule has 4 rings (SSSR count). The van der Waals surface area contributed by atoms with Gasteiger partial charge < -0.3 is 0 Å². The molecule has 2 heteroatoms. The van der Waals surface area contributed by atoms with E-state index in [0.29, 0.717) is 5.92 Å². The molecule has 154 valence electrons. The van der Waals surface area contributed by atoms with Crippen LogP contribution in [0.3, 0.4) is 0 Å². The van der Waals surface area contributed by atoms with Crippen molar-refractivity contribution in [2.24, 2.45) is 5.92 Å². The van der Waals surface area contributed by atoms with E-state index in [2.05, 4.69) is 119 Å². The van der Waals surface area contributed by atoms with Gasteiger partial charge in [-0.25, -0.2) is 0 Å². The van der Waals surface area contributed by atoms with Gasteiger partial charge in [-0.3, -0.25) is 0 Å². The molecule has 0 nitrogen and oxygen atoms in total. The fraction of sp³-hybridized carbons (Fsp3) is 0.286. The lowest BCUT2D eigenvalue weighted by molar-refractivity contribution is 0.724. The second-order valence-electron chi connectivity index (χ2n) is 10.5. The number of rotatable bonds is 5.